The molecular weight excluding hydrogens is 412 g/mol. The van der Waals surface area contributed by atoms with Gasteiger partial charge in [0.15, 0.2) is 16.6 Å². The van der Waals surface area contributed by atoms with Crippen molar-refractivity contribution in [1.82, 2.24) is 0 Å². The van der Waals surface area contributed by atoms with Gasteiger partial charge in [-0.1, -0.05) is 25.5 Å². The van der Waals surface area contributed by atoms with E-state index in [2.05, 4.69) is 66.1 Å². The summed E-state index contributed by atoms with van der Waals surface area (Å²) < 4.78 is 13.2. The summed E-state index contributed by atoms with van der Waals surface area (Å²) in [6.45, 7) is 21.8. The zero-order valence-corrected chi connectivity index (χ0v) is 24.0. The van der Waals surface area contributed by atoms with Gasteiger partial charge in [0.05, 0.1) is 0 Å². The van der Waals surface area contributed by atoms with Crippen molar-refractivity contribution in [1.29, 1.82) is 0 Å². The molecule has 4 aliphatic rings. The fraction of sp³-hybridized carbons (Fsp3) is 0.926. The highest BCUT2D eigenvalue weighted by molar-refractivity contribution is 6.70. The molecule has 2 nitrogen and oxygen atoms in total. The van der Waals surface area contributed by atoms with E-state index in [1.165, 1.54) is 51.4 Å². The van der Waals surface area contributed by atoms with Crippen molar-refractivity contribution in [2.75, 3.05) is 0 Å². The van der Waals surface area contributed by atoms with Crippen LogP contribution in [0.3, 0.4) is 0 Å². The quantitative estimate of drug-likeness (QED) is 0.304. The van der Waals surface area contributed by atoms with Crippen molar-refractivity contribution in [2.45, 2.75) is 124 Å². The van der Waals surface area contributed by atoms with E-state index in [0.29, 0.717) is 23.0 Å². The second-order valence-corrected chi connectivity index (χ2v) is 22.9. The highest BCUT2D eigenvalue weighted by Crippen LogP contribution is 2.67. The molecule has 0 aromatic heterocycles. The van der Waals surface area contributed by atoms with Crippen molar-refractivity contribution < 1.29 is 8.85 Å². The third-order valence-electron chi connectivity index (χ3n) is 9.76. The lowest BCUT2D eigenvalue weighted by Crippen LogP contribution is -2.52. The van der Waals surface area contributed by atoms with E-state index in [9.17, 15) is 0 Å². The topological polar surface area (TPSA) is 18.5 Å². The number of allylic oxidation sites excluding steroid dienone is 1. The number of rotatable bonds is 5. The van der Waals surface area contributed by atoms with Crippen molar-refractivity contribution in [3.05, 3.63) is 11.6 Å². The van der Waals surface area contributed by atoms with E-state index in [0.717, 1.165) is 23.7 Å². The summed E-state index contributed by atoms with van der Waals surface area (Å²) in [7, 11) is -2.95. The molecule has 0 radical (unpaired) electrons. The molecule has 3 fully saturated rings. The Balaban J connectivity index is 1.52. The minimum atomic E-state index is -1.49. The summed E-state index contributed by atoms with van der Waals surface area (Å²) >= 11 is 0. The minimum absolute atomic E-state index is 0.428. The summed E-state index contributed by atoms with van der Waals surface area (Å²) in [5, 5.41) is 0. The van der Waals surface area contributed by atoms with Gasteiger partial charge in [-0.05, 0) is 132 Å². The molecule has 3 saturated carbocycles. The summed E-state index contributed by atoms with van der Waals surface area (Å²) in [5.41, 5.74) is 2.68. The number of hydrogen-bond donors (Lipinski definition) is 0. The highest BCUT2D eigenvalue weighted by Gasteiger charge is 2.59. The van der Waals surface area contributed by atoms with Gasteiger partial charge in [0.25, 0.3) is 0 Å². The van der Waals surface area contributed by atoms with Gasteiger partial charge >= 0.3 is 0 Å². The lowest BCUT2D eigenvalue weighted by atomic mass is 9.47. The molecule has 0 heterocycles. The van der Waals surface area contributed by atoms with Crippen LogP contribution in [0.2, 0.25) is 39.3 Å². The molecule has 0 N–H and O–H groups in total. The maximum absolute atomic E-state index is 6.65. The Labute approximate surface area is 195 Å². The SMILES string of the molecule is C[C@H](O[Si](C)(C)C)[C@H]1CCC2C3CC=C4C[C@@H](O[Si](C)(C)C)CC[C@]4(C)C3CC[C@@]21C. The molecule has 0 bridgehead atoms. The molecule has 178 valence electrons. The maximum Gasteiger partial charge on any atom is 0.184 e. The monoisotopic (exact) mass is 462 g/mol. The van der Waals surface area contributed by atoms with Gasteiger partial charge in [0.2, 0.25) is 0 Å². The van der Waals surface area contributed by atoms with Gasteiger partial charge in [-0.3, -0.25) is 0 Å². The van der Waals surface area contributed by atoms with E-state index in [4.69, 9.17) is 8.85 Å². The van der Waals surface area contributed by atoms with Crippen molar-refractivity contribution in [3.8, 4) is 0 Å². The van der Waals surface area contributed by atoms with Crippen LogP contribution in [0.15, 0.2) is 11.6 Å². The fourth-order valence-corrected chi connectivity index (χ4v) is 11.2. The van der Waals surface area contributed by atoms with Crippen LogP contribution >= 0.6 is 0 Å². The third kappa shape index (κ3) is 4.57. The highest BCUT2D eigenvalue weighted by atomic mass is 28.4. The Kier molecular flexibility index (Phi) is 6.33. The summed E-state index contributed by atoms with van der Waals surface area (Å²) in [4.78, 5) is 0. The third-order valence-corrected chi connectivity index (χ3v) is 11.9. The van der Waals surface area contributed by atoms with Crippen molar-refractivity contribution >= 4 is 16.6 Å². The number of fused-ring (bicyclic) bond motifs is 5. The Morgan fingerprint density at radius 1 is 0.903 bits per heavy atom. The predicted octanol–water partition coefficient (Wildman–Crippen LogP) is 8.03. The molecule has 0 spiro atoms. The lowest BCUT2D eigenvalue weighted by Gasteiger charge is -2.58. The zero-order valence-electron chi connectivity index (χ0n) is 22.0. The average Bonchev–Trinajstić information content (AvgIpc) is 2.97. The van der Waals surface area contributed by atoms with E-state index < -0.39 is 16.6 Å². The minimum Gasteiger partial charge on any atom is -0.415 e. The van der Waals surface area contributed by atoms with Crippen LogP contribution in [-0.2, 0) is 8.85 Å². The van der Waals surface area contributed by atoms with Gasteiger partial charge in [-0.25, -0.2) is 0 Å². The van der Waals surface area contributed by atoms with E-state index in [-0.39, 0.29) is 0 Å². The maximum atomic E-state index is 6.65. The molecule has 4 rings (SSSR count). The molecule has 0 aliphatic heterocycles. The molecule has 0 aromatic rings. The molecule has 4 heteroatoms. The van der Waals surface area contributed by atoms with Crippen LogP contribution in [-0.4, -0.2) is 28.8 Å². The average molecular weight is 463 g/mol. The molecule has 0 saturated heterocycles. The van der Waals surface area contributed by atoms with E-state index in [1.54, 1.807) is 5.57 Å². The zero-order chi connectivity index (χ0) is 22.8. The molecule has 0 aromatic carbocycles. The van der Waals surface area contributed by atoms with E-state index >= 15 is 0 Å². The van der Waals surface area contributed by atoms with Crippen molar-refractivity contribution in [3.63, 3.8) is 0 Å². The normalized spacial score (nSPS) is 44.2. The second kappa shape index (κ2) is 8.10. The first-order valence-electron chi connectivity index (χ1n) is 13.3. The smallest absolute Gasteiger partial charge is 0.184 e. The Bertz CT molecular complexity index is 705. The van der Waals surface area contributed by atoms with Crippen LogP contribution < -0.4 is 0 Å². The first kappa shape index (κ1) is 24.2. The molecule has 8 atom stereocenters. The first-order valence-corrected chi connectivity index (χ1v) is 20.1. The molecular formula is C27H50O2Si2. The first-order chi connectivity index (χ1) is 14.2. The van der Waals surface area contributed by atoms with Gasteiger partial charge in [-0.15, -0.1) is 0 Å². The van der Waals surface area contributed by atoms with Gasteiger partial charge in [0, 0.05) is 12.2 Å². The summed E-state index contributed by atoms with van der Waals surface area (Å²) in [6, 6.07) is 0. The van der Waals surface area contributed by atoms with Crippen LogP contribution in [0.5, 0.6) is 0 Å². The summed E-state index contributed by atoms with van der Waals surface area (Å²) in [6.07, 6.45) is 14.4. The standard InChI is InChI=1S/C27H50O2Si2/c1-19(28-30(4,5)6)23-12-13-24-22-11-10-20-18-21(29-31(7,8)9)14-16-26(20,2)25(22)15-17-27(23,24)3/h10,19,21-25H,11-18H2,1-9H3/t19-,21-,22?,23+,24?,25?,26-,27+/m0/s1. The van der Waals surface area contributed by atoms with Crippen molar-refractivity contribution in [2.24, 2.45) is 34.5 Å². The van der Waals surface area contributed by atoms with Crippen LogP contribution in [0, 0.1) is 34.5 Å². The lowest BCUT2D eigenvalue weighted by molar-refractivity contribution is -0.0643. The van der Waals surface area contributed by atoms with Crippen LogP contribution in [0.25, 0.3) is 0 Å². The van der Waals surface area contributed by atoms with E-state index in [1.807, 2.05) is 0 Å². The van der Waals surface area contributed by atoms with Crippen LogP contribution in [0.4, 0.5) is 0 Å². The van der Waals surface area contributed by atoms with Gasteiger partial charge < -0.3 is 8.85 Å². The number of hydrogen-bond acceptors (Lipinski definition) is 2. The van der Waals surface area contributed by atoms with Gasteiger partial charge in [-0.2, -0.15) is 0 Å². The second-order valence-electron chi connectivity index (χ2n) is 14.0. The largest absolute Gasteiger partial charge is 0.415 e. The fourth-order valence-electron chi connectivity index (χ4n) is 8.68. The Morgan fingerprint density at radius 3 is 2.26 bits per heavy atom. The predicted molar refractivity (Wildman–Crippen MR) is 137 cm³/mol. The van der Waals surface area contributed by atoms with Crippen LogP contribution in [0.1, 0.15) is 72.1 Å². The molecule has 4 aliphatic carbocycles. The summed E-state index contributed by atoms with van der Waals surface area (Å²) in [5.74, 6) is 3.44. The Hall–Kier alpha value is 0.0938. The molecule has 31 heavy (non-hydrogen) atoms. The Morgan fingerprint density at radius 2 is 1.61 bits per heavy atom. The molecule has 3 unspecified atom stereocenters. The molecule has 0 amide bonds. The van der Waals surface area contributed by atoms with Gasteiger partial charge in [0.1, 0.15) is 0 Å².